The second-order valence-corrected chi connectivity index (χ2v) is 8.95. The SMILES string of the molecule is CC(C)O[Si](COC(C)(C)C)(OC(C)C)OC(C)C. The van der Waals surface area contributed by atoms with Crippen molar-refractivity contribution in [1.82, 2.24) is 0 Å². The third kappa shape index (κ3) is 9.57. The van der Waals surface area contributed by atoms with Crippen molar-refractivity contribution in [2.24, 2.45) is 0 Å². The lowest BCUT2D eigenvalue weighted by Gasteiger charge is -2.36. The molecule has 0 amide bonds. The van der Waals surface area contributed by atoms with Crippen LogP contribution in [0, 0.1) is 0 Å². The van der Waals surface area contributed by atoms with E-state index in [1.165, 1.54) is 0 Å². The fourth-order valence-corrected chi connectivity index (χ4v) is 4.70. The van der Waals surface area contributed by atoms with Crippen LogP contribution in [0.2, 0.25) is 0 Å². The van der Waals surface area contributed by atoms with Gasteiger partial charge in [0.15, 0.2) is 0 Å². The fraction of sp³-hybridized carbons (Fsp3) is 1.00. The number of hydrogen-bond donors (Lipinski definition) is 0. The van der Waals surface area contributed by atoms with Gasteiger partial charge in [0.2, 0.25) is 0 Å². The van der Waals surface area contributed by atoms with Gasteiger partial charge in [0.1, 0.15) is 6.23 Å². The lowest BCUT2D eigenvalue weighted by atomic mass is 10.2. The first-order chi connectivity index (χ1) is 8.46. The quantitative estimate of drug-likeness (QED) is 0.641. The van der Waals surface area contributed by atoms with Crippen LogP contribution < -0.4 is 0 Å². The molecule has 116 valence electrons. The Hall–Kier alpha value is 0.0569. The lowest BCUT2D eigenvalue weighted by molar-refractivity contribution is -0.0539. The molecule has 0 aromatic heterocycles. The molecule has 0 aliphatic carbocycles. The summed E-state index contributed by atoms with van der Waals surface area (Å²) in [5.41, 5.74) is -0.237. The Morgan fingerprint density at radius 3 is 1.26 bits per heavy atom. The maximum absolute atomic E-state index is 6.02. The number of ether oxygens (including phenoxy) is 1. The van der Waals surface area contributed by atoms with Crippen LogP contribution in [0.1, 0.15) is 62.3 Å². The molecule has 0 radical (unpaired) electrons. The van der Waals surface area contributed by atoms with Crippen molar-refractivity contribution in [1.29, 1.82) is 0 Å². The van der Waals surface area contributed by atoms with Gasteiger partial charge < -0.3 is 18.0 Å². The minimum absolute atomic E-state index is 0.0488. The maximum Gasteiger partial charge on any atom is 0.528 e. The Bertz CT molecular complexity index is 220. The van der Waals surface area contributed by atoms with Crippen molar-refractivity contribution in [3.8, 4) is 0 Å². The van der Waals surface area contributed by atoms with Crippen LogP contribution in [0.25, 0.3) is 0 Å². The molecule has 0 N–H and O–H groups in total. The summed E-state index contributed by atoms with van der Waals surface area (Å²) in [6, 6.07) is 0. The molecule has 0 fully saturated rings. The second kappa shape index (κ2) is 7.74. The van der Waals surface area contributed by atoms with Gasteiger partial charge in [-0.15, -0.1) is 0 Å². The predicted molar refractivity (Wildman–Crippen MR) is 80.1 cm³/mol. The van der Waals surface area contributed by atoms with E-state index >= 15 is 0 Å². The van der Waals surface area contributed by atoms with Gasteiger partial charge in [0.05, 0.1) is 5.60 Å². The largest absolute Gasteiger partial charge is 0.528 e. The van der Waals surface area contributed by atoms with Gasteiger partial charge in [-0.3, -0.25) is 0 Å². The highest BCUT2D eigenvalue weighted by Gasteiger charge is 2.45. The molecule has 19 heavy (non-hydrogen) atoms. The monoisotopic (exact) mass is 292 g/mol. The second-order valence-electron chi connectivity index (χ2n) is 6.58. The molecular formula is C14H32O4Si. The van der Waals surface area contributed by atoms with E-state index in [9.17, 15) is 0 Å². The minimum Gasteiger partial charge on any atom is -0.371 e. The standard InChI is InChI=1S/C14H32O4Si/c1-11(2)16-19(17-12(3)4,18-13(5)6)10-15-14(7,8)9/h11-13H,10H2,1-9H3. The van der Waals surface area contributed by atoms with Gasteiger partial charge in [-0.2, -0.15) is 0 Å². The highest BCUT2D eigenvalue weighted by molar-refractivity contribution is 6.60. The van der Waals surface area contributed by atoms with Gasteiger partial charge >= 0.3 is 8.80 Å². The Morgan fingerprint density at radius 1 is 0.737 bits per heavy atom. The molecule has 4 nitrogen and oxygen atoms in total. The first-order valence-electron chi connectivity index (χ1n) is 7.13. The van der Waals surface area contributed by atoms with Crippen LogP contribution in [-0.2, 0) is 18.0 Å². The van der Waals surface area contributed by atoms with E-state index in [4.69, 9.17) is 18.0 Å². The number of rotatable bonds is 8. The third-order valence-electron chi connectivity index (χ3n) is 1.93. The molecule has 0 heterocycles. The van der Waals surface area contributed by atoms with Gasteiger partial charge in [-0.25, -0.2) is 0 Å². The highest BCUT2D eigenvalue weighted by atomic mass is 28.4. The van der Waals surface area contributed by atoms with Crippen molar-refractivity contribution in [3.05, 3.63) is 0 Å². The first kappa shape index (κ1) is 19.1. The lowest BCUT2D eigenvalue weighted by Crippen LogP contribution is -2.55. The third-order valence-corrected chi connectivity index (χ3v) is 4.92. The van der Waals surface area contributed by atoms with Crippen molar-refractivity contribution in [3.63, 3.8) is 0 Å². The topological polar surface area (TPSA) is 36.9 Å². The molecule has 0 aromatic carbocycles. The molecule has 0 rings (SSSR count). The molecule has 0 saturated heterocycles. The maximum atomic E-state index is 6.02. The van der Waals surface area contributed by atoms with Crippen LogP contribution in [0.5, 0.6) is 0 Å². The summed E-state index contributed by atoms with van der Waals surface area (Å²) in [5.74, 6) is 0. The predicted octanol–water partition coefficient (Wildman–Crippen LogP) is 3.55. The van der Waals surface area contributed by atoms with E-state index < -0.39 is 8.80 Å². The van der Waals surface area contributed by atoms with Crippen LogP contribution in [0.4, 0.5) is 0 Å². The first-order valence-corrected chi connectivity index (χ1v) is 9.06. The minimum atomic E-state index is -2.82. The summed E-state index contributed by atoms with van der Waals surface area (Å²) in [6.07, 6.45) is 0.526. The van der Waals surface area contributed by atoms with Crippen LogP contribution in [0.3, 0.4) is 0 Å². The van der Waals surface area contributed by atoms with E-state index in [1.54, 1.807) is 0 Å². The Labute approximate surface area is 120 Å². The molecule has 5 heteroatoms. The average molecular weight is 292 g/mol. The molecule has 0 aromatic rings. The van der Waals surface area contributed by atoms with Crippen LogP contribution in [0.15, 0.2) is 0 Å². The van der Waals surface area contributed by atoms with Crippen molar-refractivity contribution >= 4 is 8.80 Å². The van der Waals surface area contributed by atoms with Crippen LogP contribution >= 0.6 is 0 Å². The summed E-state index contributed by atoms with van der Waals surface area (Å²) >= 11 is 0. The molecular weight excluding hydrogens is 260 g/mol. The van der Waals surface area contributed by atoms with Gasteiger partial charge in [0, 0.05) is 18.3 Å². The molecule has 0 saturated carbocycles. The van der Waals surface area contributed by atoms with E-state index in [1.807, 2.05) is 62.3 Å². The average Bonchev–Trinajstić information content (AvgIpc) is 2.09. The molecule has 0 atom stereocenters. The van der Waals surface area contributed by atoms with Gasteiger partial charge in [-0.05, 0) is 62.3 Å². The zero-order valence-corrected chi connectivity index (χ0v) is 15.1. The molecule has 0 aliphatic rings. The van der Waals surface area contributed by atoms with Crippen molar-refractivity contribution in [2.45, 2.75) is 86.2 Å². The van der Waals surface area contributed by atoms with Crippen molar-refractivity contribution in [2.75, 3.05) is 6.23 Å². The smallest absolute Gasteiger partial charge is 0.371 e. The molecule has 0 bridgehead atoms. The fourth-order valence-electron chi connectivity index (χ4n) is 1.57. The van der Waals surface area contributed by atoms with Gasteiger partial charge in [-0.1, -0.05) is 0 Å². The number of hydrogen-bond acceptors (Lipinski definition) is 4. The zero-order valence-electron chi connectivity index (χ0n) is 14.1. The summed E-state index contributed by atoms with van der Waals surface area (Å²) in [6.45, 7) is 18.0. The summed E-state index contributed by atoms with van der Waals surface area (Å²) in [4.78, 5) is 0. The summed E-state index contributed by atoms with van der Waals surface area (Å²) in [5, 5.41) is 0. The van der Waals surface area contributed by atoms with Crippen molar-refractivity contribution < 1.29 is 18.0 Å². The van der Waals surface area contributed by atoms with E-state index in [2.05, 4.69) is 0 Å². The zero-order chi connectivity index (χ0) is 15.3. The van der Waals surface area contributed by atoms with E-state index in [0.29, 0.717) is 6.23 Å². The van der Waals surface area contributed by atoms with Gasteiger partial charge in [0.25, 0.3) is 0 Å². The van der Waals surface area contributed by atoms with E-state index in [0.717, 1.165) is 0 Å². The molecule has 0 unspecified atom stereocenters. The Balaban J connectivity index is 4.98. The normalized spacial score (nSPS) is 13.9. The molecule has 0 spiro atoms. The molecule has 0 aliphatic heterocycles. The summed E-state index contributed by atoms with van der Waals surface area (Å²) < 4.78 is 24.0. The Kier molecular flexibility index (Phi) is 7.76. The van der Waals surface area contributed by atoms with E-state index in [-0.39, 0.29) is 23.9 Å². The van der Waals surface area contributed by atoms with Crippen LogP contribution in [-0.4, -0.2) is 38.9 Å². The highest BCUT2D eigenvalue weighted by Crippen LogP contribution is 2.20. The Morgan fingerprint density at radius 2 is 1.05 bits per heavy atom. The summed E-state index contributed by atoms with van der Waals surface area (Å²) in [7, 11) is -2.82.